The Bertz CT molecular complexity index is 1560. The molecule has 246 valence electrons. The molecule has 8 rings (SSSR count). The second-order valence-corrected chi connectivity index (χ2v) is 15.6. The monoisotopic (exact) mass is 625 g/mol. The number of aromatic nitrogens is 4. The van der Waals surface area contributed by atoms with Gasteiger partial charge in [0.2, 0.25) is 0 Å². The van der Waals surface area contributed by atoms with Gasteiger partial charge in [0.15, 0.2) is 0 Å². The molecule has 2 atom stereocenters. The molecule has 3 N–H and O–H groups in total. The lowest BCUT2D eigenvalue weighted by Gasteiger charge is -2.37. The van der Waals surface area contributed by atoms with E-state index in [-0.39, 0.29) is 12.1 Å². The molecule has 1 amide bonds. The van der Waals surface area contributed by atoms with E-state index in [4.69, 9.17) is 14.7 Å². The van der Waals surface area contributed by atoms with Crippen LogP contribution in [0.3, 0.4) is 0 Å². The predicted molar refractivity (Wildman–Crippen MR) is 180 cm³/mol. The molecular formula is C37H51N7O2. The van der Waals surface area contributed by atoms with Crippen molar-refractivity contribution in [3.05, 3.63) is 53.0 Å². The number of hydrogen-bond acceptors (Lipinski definition) is 6. The number of H-pyrrole nitrogens is 2. The Labute approximate surface area is 273 Å². The molecule has 3 aliphatic heterocycles. The summed E-state index contributed by atoms with van der Waals surface area (Å²) in [6.07, 6.45) is 18.1. The van der Waals surface area contributed by atoms with E-state index in [1.54, 1.807) is 5.56 Å². The number of carbonyl (C=O) groups excluding carboxylic acids is 1. The van der Waals surface area contributed by atoms with Crippen LogP contribution in [0.5, 0.6) is 0 Å². The number of ether oxygens (including phenoxy) is 1. The van der Waals surface area contributed by atoms with Crippen LogP contribution >= 0.6 is 0 Å². The molecule has 9 nitrogen and oxygen atoms in total. The van der Waals surface area contributed by atoms with Crippen LogP contribution < -0.4 is 10.2 Å². The Hall–Kier alpha value is -3.33. The van der Waals surface area contributed by atoms with Gasteiger partial charge in [0.05, 0.1) is 24.0 Å². The van der Waals surface area contributed by atoms with Gasteiger partial charge in [0, 0.05) is 48.7 Å². The van der Waals surface area contributed by atoms with E-state index >= 15 is 0 Å². The number of anilines is 1. The fourth-order valence-electron chi connectivity index (χ4n) is 9.36. The maximum atomic E-state index is 13.0. The minimum atomic E-state index is -0.512. The van der Waals surface area contributed by atoms with Crippen LogP contribution in [0.15, 0.2) is 24.5 Å². The third kappa shape index (κ3) is 5.42. The number of rotatable bonds is 5. The van der Waals surface area contributed by atoms with Gasteiger partial charge in [-0.2, -0.15) is 0 Å². The highest BCUT2D eigenvalue weighted by Crippen LogP contribution is 2.55. The number of benzene rings is 1. The highest BCUT2D eigenvalue weighted by Gasteiger charge is 2.45. The van der Waals surface area contributed by atoms with E-state index in [9.17, 15) is 4.79 Å². The van der Waals surface area contributed by atoms with Gasteiger partial charge in [-0.05, 0) is 114 Å². The Balaban J connectivity index is 1.04. The lowest BCUT2D eigenvalue weighted by molar-refractivity contribution is 0.0218. The van der Waals surface area contributed by atoms with Crippen LogP contribution in [0.25, 0.3) is 11.3 Å². The summed E-state index contributed by atoms with van der Waals surface area (Å²) in [6.45, 7) is 9.74. The van der Waals surface area contributed by atoms with Crippen molar-refractivity contribution >= 4 is 11.8 Å². The van der Waals surface area contributed by atoms with Crippen molar-refractivity contribution in [3.8, 4) is 11.3 Å². The third-order valence-corrected chi connectivity index (χ3v) is 11.6. The molecular weight excluding hydrogens is 574 g/mol. The minimum Gasteiger partial charge on any atom is -0.444 e. The van der Waals surface area contributed by atoms with Gasteiger partial charge in [-0.1, -0.05) is 18.9 Å². The van der Waals surface area contributed by atoms with E-state index in [0.717, 1.165) is 69.1 Å². The van der Waals surface area contributed by atoms with Gasteiger partial charge in [0.25, 0.3) is 0 Å². The van der Waals surface area contributed by atoms with Crippen LogP contribution in [0, 0.1) is 0 Å². The fourth-order valence-corrected chi connectivity index (χ4v) is 9.36. The number of fused-ring (bicyclic) bond motifs is 2. The lowest BCUT2D eigenvalue weighted by Crippen LogP contribution is -2.36. The first-order chi connectivity index (χ1) is 22.3. The molecule has 3 aromatic rings. The summed E-state index contributed by atoms with van der Waals surface area (Å²) in [4.78, 5) is 34.6. The van der Waals surface area contributed by atoms with E-state index in [0.29, 0.717) is 23.9 Å². The minimum absolute atomic E-state index is 0.0706. The van der Waals surface area contributed by atoms with Crippen molar-refractivity contribution in [2.45, 2.75) is 127 Å². The number of nitrogens with one attached hydrogen (secondary N) is 3. The SMILES string of the molecule is CC(C)(C)OC(=O)N1CCC[C@H]1c1ncc(-c2ccc(N3CCC(c4cnc([C@@H]5CCCN5)[nH]4)CC3)c3c2CCC32CCCC2)[nH]1. The summed E-state index contributed by atoms with van der Waals surface area (Å²) in [5.41, 5.74) is 8.12. The largest absolute Gasteiger partial charge is 0.444 e. The molecule has 9 heteroatoms. The van der Waals surface area contributed by atoms with Crippen LogP contribution in [0.2, 0.25) is 0 Å². The highest BCUT2D eigenvalue weighted by molar-refractivity contribution is 5.75. The summed E-state index contributed by atoms with van der Waals surface area (Å²) in [7, 11) is 0. The first kappa shape index (κ1) is 30.0. The van der Waals surface area contributed by atoms with Crippen LogP contribution in [-0.4, -0.2) is 62.7 Å². The zero-order chi connectivity index (χ0) is 31.5. The molecule has 1 aromatic carbocycles. The maximum absolute atomic E-state index is 13.0. The van der Waals surface area contributed by atoms with Gasteiger partial charge in [-0.3, -0.25) is 4.90 Å². The summed E-state index contributed by atoms with van der Waals surface area (Å²) >= 11 is 0. The lowest BCUT2D eigenvalue weighted by atomic mass is 9.78. The molecule has 4 fully saturated rings. The summed E-state index contributed by atoms with van der Waals surface area (Å²) in [5.74, 6) is 2.54. The molecule has 2 aromatic heterocycles. The fraction of sp³-hybridized carbons (Fsp3) is 0.649. The van der Waals surface area contributed by atoms with Crippen molar-refractivity contribution in [2.24, 2.45) is 0 Å². The van der Waals surface area contributed by atoms with E-state index in [1.165, 1.54) is 67.5 Å². The Morgan fingerprint density at radius 2 is 1.72 bits per heavy atom. The number of aromatic amines is 2. The van der Waals surface area contributed by atoms with Crippen LogP contribution in [0.1, 0.15) is 138 Å². The van der Waals surface area contributed by atoms with Gasteiger partial charge in [-0.25, -0.2) is 14.8 Å². The molecule has 2 aliphatic carbocycles. The second kappa shape index (κ2) is 11.7. The number of nitrogens with zero attached hydrogens (tertiary/aromatic N) is 4. The van der Waals surface area contributed by atoms with Gasteiger partial charge >= 0.3 is 6.09 Å². The number of piperidine rings is 1. The molecule has 1 spiro atoms. The molecule has 0 bridgehead atoms. The van der Waals surface area contributed by atoms with Gasteiger partial charge in [0.1, 0.15) is 17.2 Å². The maximum Gasteiger partial charge on any atom is 0.410 e. The molecule has 3 saturated heterocycles. The molecule has 1 saturated carbocycles. The van der Waals surface area contributed by atoms with Crippen molar-refractivity contribution in [1.29, 1.82) is 0 Å². The first-order valence-electron chi connectivity index (χ1n) is 18.0. The van der Waals surface area contributed by atoms with Crippen LogP contribution in [-0.2, 0) is 16.6 Å². The number of hydrogen-bond donors (Lipinski definition) is 3. The second-order valence-electron chi connectivity index (χ2n) is 15.6. The summed E-state index contributed by atoms with van der Waals surface area (Å²) in [5, 5.41) is 3.58. The molecule has 46 heavy (non-hydrogen) atoms. The number of amides is 1. The average molecular weight is 626 g/mol. The Morgan fingerprint density at radius 1 is 0.913 bits per heavy atom. The summed E-state index contributed by atoms with van der Waals surface area (Å²) < 4.78 is 5.74. The van der Waals surface area contributed by atoms with E-state index in [2.05, 4.69) is 38.5 Å². The first-order valence-corrected chi connectivity index (χ1v) is 18.0. The molecule has 0 unspecified atom stereocenters. The van der Waals surface area contributed by atoms with Crippen molar-refractivity contribution in [2.75, 3.05) is 31.1 Å². The van der Waals surface area contributed by atoms with Crippen molar-refractivity contribution in [3.63, 3.8) is 0 Å². The number of carbonyl (C=O) groups is 1. The highest BCUT2D eigenvalue weighted by atomic mass is 16.6. The van der Waals surface area contributed by atoms with Crippen LogP contribution in [0.4, 0.5) is 10.5 Å². The van der Waals surface area contributed by atoms with Crippen molar-refractivity contribution < 1.29 is 9.53 Å². The quantitative estimate of drug-likeness (QED) is 0.272. The predicted octanol–water partition coefficient (Wildman–Crippen LogP) is 7.44. The molecule has 5 heterocycles. The molecule has 0 radical (unpaired) electrons. The Kier molecular flexibility index (Phi) is 7.65. The number of likely N-dealkylation sites (tertiary alicyclic amines) is 1. The van der Waals surface area contributed by atoms with Gasteiger partial charge < -0.3 is 24.9 Å². The number of imidazole rings is 2. The Morgan fingerprint density at radius 3 is 2.48 bits per heavy atom. The standard InChI is InChI=1S/C37H51N7O2/c1-36(2,3)46-35(45)44-19-7-9-31(44)34-40-23-29(42-34)25-10-11-30(32-26(25)12-17-37(32)15-4-5-16-37)43-20-13-24(14-21-43)28-22-39-33(41-28)27-8-6-18-38-27/h10-11,22-24,27,31,38H,4-9,12-21H2,1-3H3,(H,39,41)(H,40,42)/t27-,31-/m0/s1. The third-order valence-electron chi connectivity index (χ3n) is 11.6. The molecule has 5 aliphatic rings. The average Bonchev–Trinajstić information content (AvgIpc) is 3.88. The normalized spacial score (nSPS) is 24.8. The van der Waals surface area contributed by atoms with E-state index in [1.807, 2.05) is 31.9 Å². The van der Waals surface area contributed by atoms with E-state index < -0.39 is 5.60 Å². The topological polar surface area (TPSA) is 102 Å². The van der Waals surface area contributed by atoms with Crippen molar-refractivity contribution in [1.82, 2.24) is 30.2 Å². The van der Waals surface area contributed by atoms with Gasteiger partial charge in [-0.15, -0.1) is 0 Å². The zero-order valence-electron chi connectivity index (χ0n) is 28.0. The zero-order valence-corrected chi connectivity index (χ0v) is 28.0. The smallest absolute Gasteiger partial charge is 0.410 e. The summed E-state index contributed by atoms with van der Waals surface area (Å²) in [6, 6.07) is 5.09.